The van der Waals surface area contributed by atoms with Gasteiger partial charge in [0, 0.05) is 16.0 Å². The highest BCUT2D eigenvalue weighted by Crippen LogP contribution is 2.42. The SMILES string of the molecule is C=CC1=CC2Cc3c(c(=N)c4ccc(Cl)cc4n3O)C(C1)C2. The van der Waals surface area contributed by atoms with Crippen LogP contribution in [0.5, 0.6) is 0 Å². The minimum atomic E-state index is 0.290. The minimum absolute atomic E-state index is 0.290. The maximum Gasteiger partial charge on any atom is 0.0904 e. The fourth-order valence-electron chi connectivity index (χ4n) is 4.01. The molecule has 112 valence electrons. The normalized spacial score (nSPS) is 23.0. The van der Waals surface area contributed by atoms with Crippen LogP contribution in [0.25, 0.3) is 10.9 Å². The monoisotopic (exact) mass is 312 g/mol. The van der Waals surface area contributed by atoms with Crippen molar-refractivity contribution in [3.05, 3.63) is 64.1 Å². The summed E-state index contributed by atoms with van der Waals surface area (Å²) in [6.45, 7) is 3.88. The molecule has 0 radical (unpaired) electrons. The van der Waals surface area contributed by atoms with E-state index in [1.807, 2.05) is 12.1 Å². The summed E-state index contributed by atoms with van der Waals surface area (Å²) in [5.41, 5.74) is 3.72. The molecule has 4 rings (SSSR count). The average molecular weight is 313 g/mol. The Hall–Kier alpha value is -2.00. The summed E-state index contributed by atoms with van der Waals surface area (Å²) >= 11 is 6.05. The second-order valence-electron chi connectivity index (χ2n) is 6.26. The van der Waals surface area contributed by atoms with Crippen molar-refractivity contribution in [3.63, 3.8) is 0 Å². The Bertz CT molecular complexity index is 894. The van der Waals surface area contributed by atoms with Gasteiger partial charge in [-0.3, -0.25) is 5.41 Å². The lowest BCUT2D eigenvalue weighted by Crippen LogP contribution is -2.31. The van der Waals surface area contributed by atoms with Crippen molar-refractivity contribution >= 4 is 22.5 Å². The van der Waals surface area contributed by atoms with Gasteiger partial charge in [-0.1, -0.05) is 35.9 Å². The Morgan fingerprint density at radius 2 is 2.18 bits per heavy atom. The maximum atomic E-state index is 10.7. The van der Waals surface area contributed by atoms with Crippen LogP contribution in [0.1, 0.15) is 30.0 Å². The zero-order valence-electron chi connectivity index (χ0n) is 12.1. The van der Waals surface area contributed by atoms with Crippen molar-refractivity contribution in [2.75, 3.05) is 0 Å². The lowest BCUT2D eigenvalue weighted by molar-refractivity contribution is 0.179. The number of aromatic nitrogens is 1. The van der Waals surface area contributed by atoms with Crippen molar-refractivity contribution in [2.24, 2.45) is 5.92 Å². The molecule has 0 spiro atoms. The maximum absolute atomic E-state index is 10.7. The van der Waals surface area contributed by atoms with E-state index in [2.05, 4.69) is 12.7 Å². The molecule has 2 aliphatic carbocycles. The van der Waals surface area contributed by atoms with Crippen molar-refractivity contribution in [1.29, 1.82) is 5.41 Å². The van der Waals surface area contributed by atoms with Crippen molar-refractivity contribution in [2.45, 2.75) is 25.2 Å². The highest BCUT2D eigenvalue weighted by atomic mass is 35.5. The Morgan fingerprint density at radius 3 is 2.95 bits per heavy atom. The third-order valence-corrected chi connectivity index (χ3v) is 5.17. The number of fused-ring (bicyclic) bond motifs is 5. The summed E-state index contributed by atoms with van der Waals surface area (Å²) < 4.78 is 1.25. The molecule has 0 saturated carbocycles. The minimum Gasteiger partial charge on any atom is -0.428 e. The number of halogens is 1. The molecule has 2 aliphatic rings. The van der Waals surface area contributed by atoms with Crippen molar-refractivity contribution < 1.29 is 5.21 Å². The van der Waals surface area contributed by atoms with Gasteiger partial charge in [0.05, 0.1) is 16.6 Å². The van der Waals surface area contributed by atoms with Crippen LogP contribution in [-0.2, 0) is 6.42 Å². The first-order chi connectivity index (χ1) is 10.6. The zero-order chi connectivity index (χ0) is 15.4. The zero-order valence-corrected chi connectivity index (χ0v) is 12.9. The van der Waals surface area contributed by atoms with E-state index < -0.39 is 0 Å². The molecule has 1 aromatic carbocycles. The average Bonchev–Trinajstić information content (AvgIpc) is 2.51. The first-order valence-corrected chi connectivity index (χ1v) is 7.90. The molecule has 22 heavy (non-hydrogen) atoms. The number of hydrogen-bond acceptors (Lipinski definition) is 2. The Morgan fingerprint density at radius 1 is 1.36 bits per heavy atom. The molecule has 4 heteroatoms. The van der Waals surface area contributed by atoms with Crippen molar-refractivity contribution in [3.8, 4) is 0 Å². The fourth-order valence-corrected chi connectivity index (χ4v) is 4.18. The van der Waals surface area contributed by atoms with Gasteiger partial charge in [-0.25, -0.2) is 0 Å². The molecular weight excluding hydrogens is 296 g/mol. The predicted molar refractivity (Wildman–Crippen MR) is 87.4 cm³/mol. The largest absolute Gasteiger partial charge is 0.428 e. The molecule has 2 aromatic rings. The Balaban J connectivity index is 2.02. The molecule has 1 heterocycles. The molecule has 2 atom stereocenters. The molecule has 2 bridgehead atoms. The molecule has 2 unspecified atom stereocenters. The van der Waals surface area contributed by atoms with Gasteiger partial charge in [-0.2, -0.15) is 4.73 Å². The lowest BCUT2D eigenvalue weighted by Gasteiger charge is -2.35. The molecule has 3 nitrogen and oxygen atoms in total. The van der Waals surface area contributed by atoms with Gasteiger partial charge in [0.1, 0.15) is 0 Å². The molecule has 0 fully saturated rings. The van der Waals surface area contributed by atoms with Crippen LogP contribution < -0.4 is 5.36 Å². The molecule has 1 aromatic heterocycles. The van der Waals surface area contributed by atoms with E-state index in [0.717, 1.165) is 35.9 Å². The van der Waals surface area contributed by atoms with Gasteiger partial charge < -0.3 is 5.21 Å². The summed E-state index contributed by atoms with van der Waals surface area (Å²) in [7, 11) is 0. The van der Waals surface area contributed by atoms with E-state index in [1.165, 1.54) is 10.3 Å². The van der Waals surface area contributed by atoms with Gasteiger partial charge in [-0.15, -0.1) is 0 Å². The summed E-state index contributed by atoms with van der Waals surface area (Å²) in [5.74, 6) is 0.700. The standard InChI is InChI=1S/C18H17ClN2O/c1-2-10-5-11-7-12(6-10)17-16(8-11)21(22)15-9-13(19)3-4-14(15)18(17)20/h2-5,9,11-12,20,22H,1,6-8H2. The van der Waals surface area contributed by atoms with Gasteiger partial charge >= 0.3 is 0 Å². The van der Waals surface area contributed by atoms with Crippen LogP contribution in [0.3, 0.4) is 0 Å². The van der Waals surface area contributed by atoms with Crippen LogP contribution in [0, 0.1) is 11.3 Å². The number of rotatable bonds is 1. The Labute approximate surface area is 133 Å². The first kappa shape index (κ1) is 13.6. The number of benzene rings is 1. The van der Waals surface area contributed by atoms with E-state index in [4.69, 9.17) is 17.0 Å². The first-order valence-electron chi connectivity index (χ1n) is 7.52. The van der Waals surface area contributed by atoms with E-state index in [9.17, 15) is 5.21 Å². The number of hydrogen-bond donors (Lipinski definition) is 2. The second-order valence-corrected chi connectivity index (χ2v) is 6.69. The number of allylic oxidation sites excluding steroid dienone is 3. The van der Waals surface area contributed by atoms with Crippen molar-refractivity contribution in [1.82, 2.24) is 4.73 Å². The molecule has 2 N–H and O–H groups in total. The van der Waals surface area contributed by atoms with E-state index >= 15 is 0 Å². The molecule has 0 aliphatic heterocycles. The van der Waals surface area contributed by atoms with Crippen LogP contribution in [0.2, 0.25) is 5.02 Å². The van der Waals surface area contributed by atoms with E-state index in [1.54, 1.807) is 12.1 Å². The molecule has 0 saturated heterocycles. The van der Waals surface area contributed by atoms with Crippen LogP contribution in [-0.4, -0.2) is 9.94 Å². The third-order valence-electron chi connectivity index (χ3n) is 4.94. The van der Waals surface area contributed by atoms with Crippen LogP contribution >= 0.6 is 11.6 Å². The highest BCUT2D eigenvalue weighted by Gasteiger charge is 2.33. The van der Waals surface area contributed by atoms with Gasteiger partial charge in [0.15, 0.2) is 0 Å². The summed E-state index contributed by atoms with van der Waals surface area (Å²) in [6, 6.07) is 5.33. The third kappa shape index (κ3) is 1.85. The summed E-state index contributed by atoms with van der Waals surface area (Å²) in [6.07, 6.45) is 6.89. The molecule has 0 amide bonds. The van der Waals surface area contributed by atoms with Crippen LogP contribution in [0.15, 0.2) is 42.5 Å². The number of nitrogens with one attached hydrogen (secondary N) is 1. The smallest absolute Gasteiger partial charge is 0.0904 e. The summed E-state index contributed by atoms with van der Waals surface area (Å²) in [5, 5.41) is 21.1. The topological polar surface area (TPSA) is 49.0 Å². The number of nitrogens with zero attached hydrogens (tertiary/aromatic N) is 1. The molecular formula is C18H17ClN2O. The fraction of sp³-hybridized carbons (Fsp3) is 0.278. The quantitative estimate of drug-likeness (QED) is 0.763. The van der Waals surface area contributed by atoms with E-state index in [-0.39, 0.29) is 5.92 Å². The summed E-state index contributed by atoms with van der Waals surface area (Å²) in [4.78, 5) is 0. The predicted octanol–water partition coefficient (Wildman–Crippen LogP) is 4.17. The van der Waals surface area contributed by atoms with E-state index in [0.29, 0.717) is 21.8 Å². The highest BCUT2D eigenvalue weighted by molar-refractivity contribution is 6.31. The van der Waals surface area contributed by atoms with Gasteiger partial charge in [0.25, 0.3) is 0 Å². The van der Waals surface area contributed by atoms with Crippen LogP contribution in [0.4, 0.5) is 0 Å². The number of pyridine rings is 1. The lowest BCUT2D eigenvalue weighted by atomic mass is 9.71. The van der Waals surface area contributed by atoms with Gasteiger partial charge in [-0.05, 0) is 49.3 Å². The second kappa shape index (κ2) is 4.75. The van der Waals surface area contributed by atoms with Gasteiger partial charge in [0.2, 0.25) is 0 Å². The Kier molecular flexibility index (Phi) is 2.95.